The zero-order chi connectivity index (χ0) is 26.1. The summed E-state index contributed by atoms with van der Waals surface area (Å²) in [6.45, 7) is 1.80. The molecular formula is C20H25F4N3O8. The van der Waals surface area contributed by atoms with Crippen LogP contribution >= 0.6 is 0 Å². The van der Waals surface area contributed by atoms with Crippen LogP contribution < -0.4 is 0 Å². The lowest BCUT2D eigenvalue weighted by molar-refractivity contribution is -0.294. The molecule has 2 unspecified atom stereocenters. The van der Waals surface area contributed by atoms with Crippen molar-refractivity contribution in [3.63, 3.8) is 0 Å². The second kappa shape index (κ2) is 13.7. The molecule has 0 amide bonds. The van der Waals surface area contributed by atoms with Gasteiger partial charge in [-0.25, -0.2) is 17.6 Å². The summed E-state index contributed by atoms with van der Waals surface area (Å²) in [6, 6.07) is 0. The smallest absolute Gasteiger partial charge is 0.186 e. The average Bonchev–Trinajstić information content (AvgIpc) is 2.83. The molecule has 0 saturated carbocycles. The highest BCUT2D eigenvalue weighted by atomic mass is 19.2. The highest BCUT2D eigenvalue weighted by molar-refractivity contribution is 5.97. The van der Waals surface area contributed by atoms with Gasteiger partial charge in [-0.1, -0.05) is 5.11 Å². The van der Waals surface area contributed by atoms with Crippen LogP contribution in [0.4, 0.5) is 23.2 Å². The Morgan fingerprint density at radius 2 is 1.51 bits per heavy atom. The van der Waals surface area contributed by atoms with Gasteiger partial charge in [0, 0.05) is 17.9 Å². The number of benzene rings is 1. The number of carbonyl (C=O) groups is 1. The summed E-state index contributed by atoms with van der Waals surface area (Å²) in [5, 5.41) is 31.7. The fraction of sp³-hybridized carbons (Fsp3) is 0.650. The molecule has 11 nitrogen and oxygen atoms in total. The zero-order valence-corrected chi connectivity index (χ0v) is 18.6. The summed E-state index contributed by atoms with van der Waals surface area (Å²) in [5.41, 5.74) is 5.32. The minimum absolute atomic E-state index is 0.00841. The fourth-order valence-electron chi connectivity index (χ4n) is 3.15. The maximum atomic E-state index is 14.0. The third kappa shape index (κ3) is 7.32. The van der Waals surface area contributed by atoms with Crippen LogP contribution in [-0.4, -0.2) is 84.8 Å². The maximum absolute atomic E-state index is 14.0. The largest absolute Gasteiger partial charge is 0.388 e. The molecule has 1 aromatic rings. The van der Waals surface area contributed by atoms with Crippen LogP contribution in [0.2, 0.25) is 0 Å². The first-order valence-corrected chi connectivity index (χ1v) is 10.5. The van der Waals surface area contributed by atoms with E-state index in [4.69, 9.17) is 24.5 Å². The van der Waals surface area contributed by atoms with E-state index in [0.717, 1.165) is 0 Å². The predicted molar refractivity (Wildman–Crippen MR) is 109 cm³/mol. The lowest BCUT2D eigenvalue weighted by atomic mass is 10.0. The van der Waals surface area contributed by atoms with Gasteiger partial charge in [0.05, 0.1) is 38.1 Å². The van der Waals surface area contributed by atoms with Crippen LogP contribution in [0.3, 0.4) is 0 Å². The summed E-state index contributed by atoms with van der Waals surface area (Å²) in [4.78, 5) is 14.1. The summed E-state index contributed by atoms with van der Waals surface area (Å²) in [7, 11) is 0. The molecule has 2 rings (SSSR count). The minimum Gasteiger partial charge on any atom is -0.388 e. The SMILES string of the molecule is C[C@H]1OC(OCCOCCOCCCC(=O)c2c(F)c(F)c(N=[N+]=[N-])c(F)c2F)[C@@H](O)C(O)[C@H]1O. The van der Waals surface area contributed by atoms with Crippen LogP contribution in [0.25, 0.3) is 10.4 Å². The van der Waals surface area contributed by atoms with Crippen molar-refractivity contribution in [1.29, 1.82) is 0 Å². The Hall–Kier alpha value is -2.36. The minimum atomic E-state index is -1.96. The molecule has 1 aliphatic rings. The average molecular weight is 511 g/mol. The lowest BCUT2D eigenvalue weighted by Crippen LogP contribution is -2.57. The van der Waals surface area contributed by atoms with Gasteiger partial charge in [-0.2, -0.15) is 0 Å². The number of halogens is 4. The topological polar surface area (TPSA) is 163 Å². The third-order valence-corrected chi connectivity index (χ3v) is 5.05. The number of ether oxygens (including phenoxy) is 4. The number of nitrogens with zero attached hydrogens (tertiary/aromatic N) is 3. The summed E-state index contributed by atoms with van der Waals surface area (Å²) < 4.78 is 76.4. The summed E-state index contributed by atoms with van der Waals surface area (Å²) in [6.07, 6.45) is -6.41. The van der Waals surface area contributed by atoms with Crippen molar-refractivity contribution in [3.05, 3.63) is 39.3 Å². The van der Waals surface area contributed by atoms with E-state index in [1.165, 1.54) is 6.92 Å². The van der Waals surface area contributed by atoms with Gasteiger partial charge in [0.15, 0.2) is 35.3 Å². The normalized spacial score (nSPS) is 24.3. The molecular weight excluding hydrogens is 486 g/mol. The van der Waals surface area contributed by atoms with E-state index in [-0.39, 0.29) is 39.5 Å². The van der Waals surface area contributed by atoms with Crippen molar-refractivity contribution in [3.8, 4) is 0 Å². The number of rotatable bonds is 13. The Bertz CT molecular complexity index is 905. The first kappa shape index (κ1) is 28.9. The van der Waals surface area contributed by atoms with Crippen LogP contribution in [0.15, 0.2) is 5.11 Å². The van der Waals surface area contributed by atoms with Gasteiger partial charge in [-0.3, -0.25) is 4.79 Å². The number of Topliss-reactive ketones (excluding diaryl/α,β-unsaturated/α-hetero) is 1. The Morgan fingerprint density at radius 3 is 2.11 bits per heavy atom. The molecule has 0 spiro atoms. The molecule has 1 fully saturated rings. The molecule has 5 atom stereocenters. The molecule has 1 saturated heterocycles. The van der Waals surface area contributed by atoms with Crippen LogP contribution in [0.5, 0.6) is 0 Å². The number of azide groups is 1. The Labute approximate surface area is 196 Å². The highest BCUT2D eigenvalue weighted by Gasteiger charge is 2.42. The number of aliphatic hydroxyl groups is 3. The molecule has 15 heteroatoms. The molecule has 0 aromatic heterocycles. The van der Waals surface area contributed by atoms with E-state index >= 15 is 0 Å². The van der Waals surface area contributed by atoms with Crippen molar-refractivity contribution in [2.45, 2.75) is 50.5 Å². The molecule has 35 heavy (non-hydrogen) atoms. The van der Waals surface area contributed by atoms with Gasteiger partial charge in [0.25, 0.3) is 0 Å². The predicted octanol–water partition coefficient (Wildman–Crippen LogP) is 2.02. The van der Waals surface area contributed by atoms with Crippen molar-refractivity contribution in [2.75, 3.05) is 33.0 Å². The number of hydrogen-bond donors (Lipinski definition) is 3. The zero-order valence-electron chi connectivity index (χ0n) is 18.6. The second-order valence-electron chi connectivity index (χ2n) is 7.47. The lowest BCUT2D eigenvalue weighted by Gasteiger charge is -2.38. The van der Waals surface area contributed by atoms with Crippen molar-refractivity contribution in [1.82, 2.24) is 0 Å². The number of aliphatic hydroxyl groups excluding tert-OH is 3. The van der Waals surface area contributed by atoms with Crippen molar-refractivity contribution < 1.29 is 56.6 Å². The van der Waals surface area contributed by atoms with Gasteiger partial charge in [0.2, 0.25) is 0 Å². The van der Waals surface area contributed by atoms with Gasteiger partial charge in [0.1, 0.15) is 24.0 Å². The standard InChI is InChI=1S/C20H25F4N3O8/c1-9-17(29)18(30)19(31)20(35-9)34-8-7-33-6-5-32-4-2-3-10(28)11-12(21)14(23)16(26-27-25)15(24)13(11)22/h9,17-20,29-31H,2-8H2,1H3/t9-,17+,18?,19+,20?/m1/s1. The van der Waals surface area contributed by atoms with Gasteiger partial charge >= 0.3 is 0 Å². The van der Waals surface area contributed by atoms with E-state index in [1.807, 2.05) is 0 Å². The van der Waals surface area contributed by atoms with E-state index in [9.17, 15) is 37.7 Å². The first-order chi connectivity index (χ1) is 16.6. The molecule has 1 heterocycles. The number of hydrogen-bond acceptors (Lipinski definition) is 9. The van der Waals surface area contributed by atoms with Gasteiger partial charge in [-0.15, -0.1) is 0 Å². The Morgan fingerprint density at radius 1 is 0.943 bits per heavy atom. The quantitative estimate of drug-likeness (QED) is 0.0689. The van der Waals surface area contributed by atoms with E-state index < -0.39 is 77.4 Å². The molecule has 0 bridgehead atoms. The molecule has 196 valence electrons. The number of carbonyl (C=O) groups excluding carboxylic acids is 1. The van der Waals surface area contributed by atoms with Crippen LogP contribution in [0, 0.1) is 23.3 Å². The monoisotopic (exact) mass is 511 g/mol. The van der Waals surface area contributed by atoms with Crippen molar-refractivity contribution >= 4 is 11.5 Å². The molecule has 0 aliphatic carbocycles. The molecule has 0 radical (unpaired) electrons. The molecule has 1 aliphatic heterocycles. The molecule has 1 aromatic carbocycles. The summed E-state index contributed by atoms with van der Waals surface area (Å²) >= 11 is 0. The fourth-order valence-corrected chi connectivity index (χ4v) is 3.15. The number of ketones is 1. The van der Waals surface area contributed by atoms with Crippen LogP contribution in [-0.2, 0) is 18.9 Å². The third-order valence-electron chi connectivity index (χ3n) is 5.05. The van der Waals surface area contributed by atoms with Crippen LogP contribution in [0.1, 0.15) is 30.1 Å². The molecule has 3 N–H and O–H groups in total. The Kier molecular flexibility index (Phi) is 11.3. The van der Waals surface area contributed by atoms with Gasteiger partial charge < -0.3 is 34.3 Å². The van der Waals surface area contributed by atoms with E-state index in [2.05, 4.69) is 10.0 Å². The maximum Gasteiger partial charge on any atom is 0.186 e. The van der Waals surface area contributed by atoms with E-state index in [1.54, 1.807) is 0 Å². The first-order valence-electron chi connectivity index (χ1n) is 10.5. The Balaban J connectivity index is 1.63. The highest BCUT2D eigenvalue weighted by Crippen LogP contribution is 2.31. The summed E-state index contributed by atoms with van der Waals surface area (Å²) in [5.74, 6) is -9.01. The second-order valence-corrected chi connectivity index (χ2v) is 7.47. The van der Waals surface area contributed by atoms with E-state index in [0.29, 0.717) is 0 Å². The van der Waals surface area contributed by atoms with Crippen molar-refractivity contribution in [2.24, 2.45) is 5.11 Å². The van der Waals surface area contributed by atoms with Gasteiger partial charge in [-0.05, 0) is 18.9 Å².